The van der Waals surface area contributed by atoms with Crippen molar-refractivity contribution in [1.82, 2.24) is 0 Å². The maximum atomic E-state index is 10.4. The molecule has 1 N–H and O–H groups in total. The molecule has 0 spiro atoms. The molecule has 0 saturated carbocycles. The molecule has 0 radical (unpaired) electrons. The van der Waals surface area contributed by atoms with Gasteiger partial charge in [0.15, 0.2) is 0 Å². The molecule has 0 fully saturated rings. The van der Waals surface area contributed by atoms with E-state index in [1.165, 1.54) is 0 Å². The summed E-state index contributed by atoms with van der Waals surface area (Å²) in [5.74, 6) is 21.5. The Hall–Kier alpha value is -3.07. The van der Waals surface area contributed by atoms with Crippen molar-refractivity contribution in [3.8, 4) is 47.4 Å². The lowest BCUT2D eigenvalue weighted by atomic mass is 10.1. The summed E-state index contributed by atoms with van der Waals surface area (Å²) in [5, 5.41) is 8.52. The third-order valence-electron chi connectivity index (χ3n) is 3.32. The molecule has 25 heavy (non-hydrogen) atoms. The van der Waals surface area contributed by atoms with Gasteiger partial charge in [-0.15, -0.1) is 0 Å². The molecular weight excluding hydrogens is 308 g/mol. The molecule has 0 aliphatic carbocycles. The Kier molecular flexibility index (Phi) is 11.6. The van der Waals surface area contributed by atoms with Crippen LogP contribution in [0.4, 0.5) is 0 Å². The minimum atomic E-state index is -0.704. The van der Waals surface area contributed by atoms with Gasteiger partial charge in [0, 0.05) is 18.4 Å². The van der Waals surface area contributed by atoms with Gasteiger partial charge >= 0.3 is 5.97 Å². The van der Waals surface area contributed by atoms with E-state index in [1.54, 1.807) is 0 Å². The zero-order chi connectivity index (χ0) is 18.0. The number of aliphatic carboxylic acids is 1. The third kappa shape index (κ3) is 13.1. The van der Waals surface area contributed by atoms with Crippen LogP contribution in [0.15, 0.2) is 30.3 Å². The van der Waals surface area contributed by atoms with Gasteiger partial charge in [-0.05, 0) is 60.5 Å². The summed E-state index contributed by atoms with van der Waals surface area (Å²) in [5.41, 5.74) is 0.937. The minimum absolute atomic E-state index is 0.283. The minimum Gasteiger partial charge on any atom is -0.481 e. The highest BCUT2D eigenvalue weighted by molar-refractivity contribution is 5.66. The highest BCUT2D eigenvalue weighted by Crippen LogP contribution is 2.08. The average Bonchev–Trinajstić information content (AvgIpc) is 2.62. The molecule has 2 nitrogen and oxygen atoms in total. The van der Waals surface area contributed by atoms with Gasteiger partial charge in [0.2, 0.25) is 0 Å². The number of carboxylic acids is 1. The summed E-state index contributed by atoms with van der Waals surface area (Å²) < 4.78 is 0. The van der Waals surface area contributed by atoms with Crippen LogP contribution in [0.25, 0.3) is 0 Å². The number of unbranched alkanes of at least 4 members (excludes halogenated alkanes) is 6. The van der Waals surface area contributed by atoms with Crippen molar-refractivity contribution in [1.29, 1.82) is 0 Å². The van der Waals surface area contributed by atoms with Gasteiger partial charge < -0.3 is 5.11 Å². The van der Waals surface area contributed by atoms with Crippen LogP contribution >= 0.6 is 0 Å². The third-order valence-corrected chi connectivity index (χ3v) is 3.32. The number of hydrogen-bond acceptors (Lipinski definition) is 1. The lowest BCUT2D eigenvalue weighted by Crippen LogP contribution is -1.93. The van der Waals surface area contributed by atoms with E-state index >= 15 is 0 Å². The van der Waals surface area contributed by atoms with Crippen LogP contribution in [-0.2, 0) is 4.79 Å². The standard InChI is InChI=1S/C23H22O2/c24-23(25)21-17-12-10-8-6-4-2-1-3-5-7-9-11-14-18-22-19-15-13-16-20-22/h13,15-16,19-20H,2,4,6,8,10,12,17,21H2,(H,24,25). The first-order valence-corrected chi connectivity index (χ1v) is 8.55. The second-order valence-corrected chi connectivity index (χ2v) is 5.43. The predicted molar refractivity (Wildman–Crippen MR) is 101 cm³/mol. The van der Waals surface area contributed by atoms with Gasteiger partial charge in [0.05, 0.1) is 0 Å². The summed E-state index contributed by atoms with van der Waals surface area (Å²) in [4.78, 5) is 10.4. The van der Waals surface area contributed by atoms with E-state index in [1.807, 2.05) is 30.3 Å². The highest BCUT2D eigenvalue weighted by atomic mass is 16.4. The van der Waals surface area contributed by atoms with E-state index in [0.717, 1.165) is 50.5 Å². The van der Waals surface area contributed by atoms with Crippen LogP contribution in [0.5, 0.6) is 0 Å². The molecule has 0 unspecified atom stereocenters. The van der Waals surface area contributed by atoms with Gasteiger partial charge in [-0.25, -0.2) is 0 Å². The number of hydrogen-bond donors (Lipinski definition) is 1. The first-order valence-electron chi connectivity index (χ1n) is 8.55. The molecule has 0 heterocycles. The summed E-state index contributed by atoms with van der Waals surface area (Å²) in [6.45, 7) is 0. The van der Waals surface area contributed by atoms with E-state index in [9.17, 15) is 4.79 Å². The maximum absolute atomic E-state index is 10.4. The van der Waals surface area contributed by atoms with E-state index in [4.69, 9.17) is 5.11 Å². The monoisotopic (exact) mass is 330 g/mol. The molecular formula is C23H22O2. The largest absolute Gasteiger partial charge is 0.481 e. The van der Waals surface area contributed by atoms with Crippen LogP contribution in [0, 0.1) is 47.4 Å². The molecule has 0 aromatic heterocycles. The number of carbonyl (C=O) groups is 1. The van der Waals surface area contributed by atoms with Crippen molar-refractivity contribution in [2.75, 3.05) is 0 Å². The van der Waals surface area contributed by atoms with Crippen molar-refractivity contribution >= 4 is 5.97 Å². The van der Waals surface area contributed by atoms with Crippen molar-refractivity contribution < 1.29 is 9.90 Å². The molecule has 1 aromatic carbocycles. The number of benzene rings is 1. The highest BCUT2D eigenvalue weighted by Gasteiger charge is 1.95. The topological polar surface area (TPSA) is 37.3 Å². The number of carboxylic acid groups (broad SMARTS) is 1. The Balaban J connectivity index is 2.07. The lowest BCUT2D eigenvalue weighted by Gasteiger charge is -1.98. The first kappa shape index (κ1) is 20.0. The molecule has 0 atom stereocenters. The Labute approximate surface area is 151 Å². The average molecular weight is 330 g/mol. The second-order valence-electron chi connectivity index (χ2n) is 5.43. The van der Waals surface area contributed by atoms with Gasteiger partial charge in [-0.2, -0.15) is 0 Å². The zero-order valence-electron chi connectivity index (χ0n) is 14.4. The molecule has 0 bridgehead atoms. The van der Waals surface area contributed by atoms with Crippen LogP contribution in [0.2, 0.25) is 0 Å². The van der Waals surface area contributed by atoms with Gasteiger partial charge in [-0.3, -0.25) is 4.79 Å². The molecule has 1 aromatic rings. The SMILES string of the molecule is O=C(O)CCCCCCCCC#CC#CC#CC#Cc1ccccc1. The Morgan fingerprint density at radius 3 is 2.08 bits per heavy atom. The molecule has 126 valence electrons. The summed E-state index contributed by atoms with van der Waals surface area (Å²) in [6, 6.07) is 9.69. The fraction of sp³-hybridized carbons (Fsp3) is 0.348. The van der Waals surface area contributed by atoms with Crippen molar-refractivity contribution in [3.05, 3.63) is 35.9 Å². The molecule has 0 amide bonds. The maximum Gasteiger partial charge on any atom is 0.303 e. The summed E-state index contributed by atoms with van der Waals surface area (Å²) in [7, 11) is 0. The second kappa shape index (κ2) is 14.5. The number of rotatable bonds is 8. The fourth-order valence-electron chi connectivity index (χ4n) is 2.05. The molecule has 2 heteroatoms. The van der Waals surface area contributed by atoms with Crippen molar-refractivity contribution in [3.63, 3.8) is 0 Å². The Morgan fingerprint density at radius 2 is 1.36 bits per heavy atom. The molecule has 1 rings (SSSR count). The quantitative estimate of drug-likeness (QED) is 0.571. The van der Waals surface area contributed by atoms with Crippen LogP contribution in [-0.4, -0.2) is 11.1 Å². The van der Waals surface area contributed by atoms with E-state index < -0.39 is 5.97 Å². The van der Waals surface area contributed by atoms with E-state index in [-0.39, 0.29) is 6.42 Å². The van der Waals surface area contributed by atoms with E-state index in [0.29, 0.717) is 0 Å². The molecule has 0 saturated heterocycles. The zero-order valence-corrected chi connectivity index (χ0v) is 14.4. The predicted octanol–water partition coefficient (Wildman–Crippen LogP) is 4.25. The van der Waals surface area contributed by atoms with Crippen LogP contribution in [0.3, 0.4) is 0 Å². The molecule has 0 aliphatic heterocycles. The smallest absolute Gasteiger partial charge is 0.303 e. The first-order chi connectivity index (χ1) is 12.3. The van der Waals surface area contributed by atoms with Gasteiger partial charge in [0.1, 0.15) is 0 Å². The Bertz CT molecular complexity index is 760. The molecule has 0 aliphatic rings. The van der Waals surface area contributed by atoms with E-state index in [2.05, 4.69) is 47.4 Å². The van der Waals surface area contributed by atoms with Gasteiger partial charge in [-0.1, -0.05) is 55.7 Å². The summed E-state index contributed by atoms with van der Waals surface area (Å²) >= 11 is 0. The van der Waals surface area contributed by atoms with Gasteiger partial charge in [0.25, 0.3) is 0 Å². The lowest BCUT2D eigenvalue weighted by molar-refractivity contribution is -0.137. The van der Waals surface area contributed by atoms with Crippen molar-refractivity contribution in [2.45, 2.75) is 51.4 Å². The fourth-order valence-corrected chi connectivity index (χ4v) is 2.05. The Morgan fingerprint density at radius 1 is 0.760 bits per heavy atom. The summed E-state index contributed by atoms with van der Waals surface area (Å²) in [6.07, 6.45) is 7.32. The van der Waals surface area contributed by atoms with Crippen LogP contribution < -0.4 is 0 Å². The van der Waals surface area contributed by atoms with Crippen LogP contribution in [0.1, 0.15) is 56.9 Å². The van der Waals surface area contributed by atoms with Crippen molar-refractivity contribution in [2.24, 2.45) is 0 Å². The normalized spacial score (nSPS) is 8.32.